The van der Waals surface area contributed by atoms with E-state index in [1.54, 1.807) is 25.3 Å². The molecule has 1 aromatic rings. The van der Waals surface area contributed by atoms with Crippen molar-refractivity contribution in [2.24, 2.45) is 0 Å². The minimum absolute atomic E-state index is 0.0595. The van der Waals surface area contributed by atoms with Gasteiger partial charge in [0, 0.05) is 6.07 Å². The molecule has 0 saturated carbocycles. The first kappa shape index (κ1) is 14.9. The van der Waals surface area contributed by atoms with Crippen LogP contribution in [0.3, 0.4) is 0 Å². The van der Waals surface area contributed by atoms with Crippen molar-refractivity contribution in [3.05, 3.63) is 23.2 Å². The predicted octanol–water partition coefficient (Wildman–Crippen LogP) is 2.47. The Morgan fingerprint density at radius 2 is 2.22 bits per heavy atom. The Morgan fingerprint density at radius 1 is 1.50 bits per heavy atom. The zero-order valence-electron chi connectivity index (χ0n) is 10.2. The predicted molar refractivity (Wildman–Crippen MR) is 71.8 cm³/mol. The summed E-state index contributed by atoms with van der Waals surface area (Å²) in [5.74, 6) is 0.921. The molecule has 4 nitrogen and oxygen atoms in total. The van der Waals surface area contributed by atoms with Gasteiger partial charge in [0.1, 0.15) is 23.5 Å². The first-order chi connectivity index (χ1) is 8.56. The topological polar surface area (TPSA) is 47.6 Å². The van der Waals surface area contributed by atoms with Gasteiger partial charge < -0.3 is 14.8 Å². The van der Waals surface area contributed by atoms with E-state index in [4.69, 9.17) is 32.7 Å². The van der Waals surface area contributed by atoms with Gasteiger partial charge in [0.05, 0.1) is 18.7 Å². The van der Waals surface area contributed by atoms with Crippen molar-refractivity contribution in [1.82, 2.24) is 5.32 Å². The van der Waals surface area contributed by atoms with E-state index in [0.29, 0.717) is 23.1 Å². The summed E-state index contributed by atoms with van der Waals surface area (Å²) in [6.07, 6.45) is -0.205. The molecule has 0 fully saturated rings. The van der Waals surface area contributed by atoms with Crippen LogP contribution in [0.5, 0.6) is 11.5 Å². The lowest BCUT2D eigenvalue weighted by molar-refractivity contribution is -0.119. The highest BCUT2D eigenvalue weighted by Crippen LogP contribution is 2.29. The Balaban J connectivity index is 2.53. The van der Waals surface area contributed by atoms with Crippen molar-refractivity contribution in [2.75, 3.05) is 19.5 Å². The van der Waals surface area contributed by atoms with E-state index in [-0.39, 0.29) is 17.9 Å². The molecule has 0 saturated heterocycles. The van der Waals surface area contributed by atoms with E-state index in [1.807, 2.05) is 6.92 Å². The molecule has 18 heavy (non-hydrogen) atoms. The fraction of sp³-hybridized carbons (Fsp3) is 0.417. The third kappa shape index (κ3) is 4.63. The molecular weight excluding hydrogens is 277 g/mol. The highest BCUT2D eigenvalue weighted by molar-refractivity contribution is 6.32. The number of ether oxygens (including phenoxy) is 2. The molecule has 0 spiro atoms. The number of halogens is 2. The number of benzene rings is 1. The molecule has 6 heteroatoms. The summed E-state index contributed by atoms with van der Waals surface area (Å²) in [7, 11) is 1.57. The van der Waals surface area contributed by atoms with Gasteiger partial charge in [-0.05, 0) is 19.1 Å². The lowest BCUT2D eigenvalue weighted by Gasteiger charge is -2.16. The van der Waals surface area contributed by atoms with Crippen LogP contribution in [0.15, 0.2) is 18.2 Å². The zero-order valence-corrected chi connectivity index (χ0v) is 11.7. The summed E-state index contributed by atoms with van der Waals surface area (Å²) in [5.41, 5.74) is 0. The van der Waals surface area contributed by atoms with Crippen LogP contribution in [0.4, 0.5) is 0 Å². The first-order valence-electron chi connectivity index (χ1n) is 5.39. The van der Waals surface area contributed by atoms with Gasteiger partial charge in [0.2, 0.25) is 5.91 Å². The van der Waals surface area contributed by atoms with Crippen LogP contribution in [0.25, 0.3) is 0 Å². The summed E-state index contributed by atoms with van der Waals surface area (Å²) >= 11 is 11.4. The van der Waals surface area contributed by atoms with E-state index in [0.717, 1.165) is 0 Å². The maximum Gasteiger partial charge on any atom is 0.235 e. The number of hydrogen-bond donors (Lipinski definition) is 1. The van der Waals surface area contributed by atoms with Gasteiger partial charge >= 0.3 is 0 Å². The van der Waals surface area contributed by atoms with Crippen LogP contribution in [0.2, 0.25) is 5.02 Å². The van der Waals surface area contributed by atoms with Crippen LogP contribution in [-0.2, 0) is 4.79 Å². The molecule has 0 radical (unpaired) electrons. The average Bonchev–Trinajstić information content (AvgIpc) is 2.38. The molecule has 100 valence electrons. The molecule has 0 aliphatic rings. The summed E-state index contributed by atoms with van der Waals surface area (Å²) in [4.78, 5) is 11.0. The van der Waals surface area contributed by atoms with E-state index in [9.17, 15) is 4.79 Å². The van der Waals surface area contributed by atoms with Crippen molar-refractivity contribution in [3.8, 4) is 11.5 Å². The first-order valence-corrected chi connectivity index (χ1v) is 6.31. The van der Waals surface area contributed by atoms with E-state index in [1.165, 1.54) is 0 Å². The quantitative estimate of drug-likeness (QED) is 0.819. The van der Waals surface area contributed by atoms with Crippen LogP contribution in [-0.4, -0.2) is 31.5 Å². The molecule has 1 amide bonds. The second-order valence-corrected chi connectivity index (χ2v) is 4.34. The minimum atomic E-state index is -0.229. The molecule has 1 aromatic carbocycles. The van der Waals surface area contributed by atoms with Gasteiger partial charge in [-0.1, -0.05) is 11.6 Å². The Bertz CT molecular complexity index is 412. The second kappa shape index (κ2) is 7.34. The molecule has 0 heterocycles. The van der Waals surface area contributed by atoms with Crippen LogP contribution in [0.1, 0.15) is 6.92 Å². The molecule has 1 atom stereocenters. The van der Waals surface area contributed by atoms with Gasteiger partial charge in [0.15, 0.2) is 0 Å². The fourth-order valence-electron chi connectivity index (χ4n) is 1.27. The monoisotopic (exact) mass is 291 g/mol. The third-order valence-corrected chi connectivity index (χ3v) is 2.71. The molecule has 0 aliphatic carbocycles. The van der Waals surface area contributed by atoms with Gasteiger partial charge in [-0.3, -0.25) is 4.79 Å². The average molecular weight is 292 g/mol. The zero-order chi connectivity index (χ0) is 13.5. The summed E-state index contributed by atoms with van der Waals surface area (Å²) in [6, 6.07) is 5.15. The van der Waals surface area contributed by atoms with Gasteiger partial charge in [-0.15, -0.1) is 11.6 Å². The van der Waals surface area contributed by atoms with Crippen molar-refractivity contribution in [1.29, 1.82) is 0 Å². The molecular formula is C12H15Cl2NO3. The number of amides is 1. The van der Waals surface area contributed by atoms with Crippen LogP contribution >= 0.6 is 23.2 Å². The van der Waals surface area contributed by atoms with Crippen molar-refractivity contribution in [3.63, 3.8) is 0 Å². The smallest absolute Gasteiger partial charge is 0.235 e. The van der Waals surface area contributed by atoms with Gasteiger partial charge in [0.25, 0.3) is 0 Å². The van der Waals surface area contributed by atoms with Crippen LogP contribution < -0.4 is 14.8 Å². The standard InChI is InChI=1S/C12H15Cl2NO3/c1-8(7-15-12(16)6-13)18-11-4-3-9(17-2)5-10(11)14/h3-5,8H,6-7H2,1-2H3,(H,15,16). The second-order valence-electron chi connectivity index (χ2n) is 3.66. The Morgan fingerprint density at radius 3 is 2.78 bits per heavy atom. The Hall–Kier alpha value is -1.13. The third-order valence-electron chi connectivity index (χ3n) is 2.18. The Labute approximate surface area is 116 Å². The summed E-state index contributed by atoms with van der Waals surface area (Å²) in [6.45, 7) is 2.20. The lowest BCUT2D eigenvalue weighted by atomic mass is 10.3. The molecule has 1 unspecified atom stereocenters. The van der Waals surface area contributed by atoms with Gasteiger partial charge in [-0.2, -0.15) is 0 Å². The molecule has 1 rings (SSSR count). The van der Waals surface area contributed by atoms with Crippen LogP contribution in [0, 0.1) is 0 Å². The van der Waals surface area contributed by atoms with Crippen molar-refractivity contribution < 1.29 is 14.3 Å². The normalized spacial score (nSPS) is 11.8. The number of hydrogen-bond acceptors (Lipinski definition) is 3. The van der Waals surface area contributed by atoms with Gasteiger partial charge in [-0.25, -0.2) is 0 Å². The number of carbonyl (C=O) groups excluding carboxylic acids is 1. The lowest BCUT2D eigenvalue weighted by Crippen LogP contribution is -2.34. The largest absolute Gasteiger partial charge is 0.497 e. The molecule has 0 bridgehead atoms. The highest BCUT2D eigenvalue weighted by atomic mass is 35.5. The fourth-order valence-corrected chi connectivity index (χ4v) is 1.58. The minimum Gasteiger partial charge on any atom is -0.497 e. The molecule has 0 aromatic heterocycles. The highest BCUT2D eigenvalue weighted by Gasteiger charge is 2.09. The number of carbonyl (C=O) groups is 1. The van der Waals surface area contributed by atoms with E-state index < -0.39 is 0 Å². The maximum atomic E-state index is 11.0. The number of methoxy groups -OCH3 is 1. The summed E-state index contributed by atoms with van der Waals surface area (Å²) in [5, 5.41) is 3.09. The van der Waals surface area contributed by atoms with E-state index >= 15 is 0 Å². The number of nitrogens with one attached hydrogen (secondary N) is 1. The summed E-state index contributed by atoms with van der Waals surface area (Å²) < 4.78 is 10.6. The maximum absolute atomic E-state index is 11.0. The van der Waals surface area contributed by atoms with E-state index in [2.05, 4.69) is 5.32 Å². The Kier molecular flexibility index (Phi) is 6.09. The number of alkyl halides is 1. The van der Waals surface area contributed by atoms with Crippen molar-refractivity contribution in [2.45, 2.75) is 13.0 Å². The molecule has 0 aliphatic heterocycles. The SMILES string of the molecule is COc1ccc(OC(C)CNC(=O)CCl)c(Cl)c1. The number of rotatable bonds is 6. The van der Waals surface area contributed by atoms with Crippen molar-refractivity contribution >= 4 is 29.1 Å². The molecule has 1 N–H and O–H groups in total.